The third-order valence-electron chi connectivity index (χ3n) is 2.76. The van der Waals surface area contributed by atoms with Crippen LogP contribution in [0.15, 0.2) is 11.1 Å². The van der Waals surface area contributed by atoms with Gasteiger partial charge in [-0.3, -0.25) is 0 Å². The molecule has 2 nitrogen and oxygen atoms in total. The molecule has 0 radical (unpaired) electrons. The van der Waals surface area contributed by atoms with Gasteiger partial charge in [-0.2, -0.15) is 13.2 Å². The number of carboxylic acid groups (broad SMARTS) is 1. The van der Waals surface area contributed by atoms with E-state index >= 15 is 0 Å². The first-order chi connectivity index (χ1) is 6.58. The summed E-state index contributed by atoms with van der Waals surface area (Å²) in [5.41, 5.74) is -0.718. The van der Waals surface area contributed by atoms with Crippen LogP contribution in [0.5, 0.6) is 0 Å². The summed E-state index contributed by atoms with van der Waals surface area (Å²) in [4.78, 5) is 10.6. The van der Waals surface area contributed by atoms with Crippen LogP contribution < -0.4 is 5.11 Å². The molecule has 1 aliphatic rings. The molecule has 15 heavy (non-hydrogen) atoms. The average Bonchev–Trinajstić information content (AvgIpc) is 2.50. The van der Waals surface area contributed by atoms with Crippen LogP contribution in [0.4, 0.5) is 13.2 Å². The third-order valence-corrected chi connectivity index (χ3v) is 3.10. The van der Waals surface area contributed by atoms with Crippen molar-refractivity contribution < 1.29 is 23.1 Å². The normalized spacial score (nSPS) is 30.1. The third kappa shape index (κ3) is 2.27. The standard InChI is InChI=1S/C9H10ClF3O2/c1-8(2)4(6(8)7(14)15)3-5(10)9(11,12)13/h3-4,6H,1-2H3,(H,14,15)/p-1/t4-,6-/m1/s1. The summed E-state index contributed by atoms with van der Waals surface area (Å²) < 4.78 is 36.2. The number of aliphatic carboxylic acids is 1. The predicted octanol–water partition coefficient (Wildman–Crippen LogP) is 1.69. The summed E-state index contributed by atoms with van der Waals surface area (Å²) in [7, 11) is 0. The van der Waals surface area contributed by atoms with Gasteiger partial charge >= 0.3 is 6.18 Å². The Morgan fingerprint density at radius 1 is 1.47 bits per heavy atom. The van der Waals surface area contributed by atoms with Crippen molar-refractivity contribution in [2.45, 2.75) is 20.0 Å². The Morgan fingerprint density at radius 2 is 1.93 bits per heavy atom. The molecule has 6 heteroatoms. The SMILES string of the molecule is CC1(C)[C@H](C=C(Cl)C(F)(F)F)[C@@H]1C(=O)[O-]. The van der Waals surface area contributed by atoms with Crippen molar-refractivity contribution in [3.8, 4) is 0 Å². The fraction of sp³-hybridized carbons (Fsp3) is 0.667. The van der Waals surface area contributed by atoms with Crippen LogP contribution in [-0.4, -0.2) is 12.1 Å². The van der Waals surface area contributed by atoms with Crippen LogP contribution >= 0.6 is 11.6 Å². The van der Waals surface area contributed by atoms with Crippen molar-refractivity contribution in [1.29, 1.82) is 0 Å². The van der Waals surface area contributed by atoms with Gasteiger partial charge in [-0.05, 0) is 11.3 Å². The summed E-state index contributed by atoms with van der Waals surface area (Å²) in [5, 5.41) is 9.28. The number of carbonyl (C=O) groups excluding carboxylic acids is 1. The molecular formula is C9H9ClF3O2-. The maximum atomic E-state index is 12.1. The van der Waals surface area contributed by atoms with E-state index in [-0.39, 0.29) is 0 Å². The highest BCUT2D eigenvalue weighted by molar-refractivity contribution is 6.30. The van der Waals surface area contributed by atoms with E-state index in [9.17, 15) is 23.1 Å². The lowest BCUT2D eigenvalue weighted by atomic mass is 10.1. The van der Waals surface area contributed by atoms with Crippen LogP contribution in [0, 0.1) is 17.3 Å². The number of hydrogen-bond donors (Lipinski definition) is 0. The van der Waals surface area contributed by atoms with Crippen molar-refractivity contribution in [3.63, 3.8) is 0 Å². The lowest BCUT2D eigenvalue weighted by molar-refractivity contribution is -0.309. The Labute approximate surface area is 89.7 Å². The minimum atomic E-state index is -4.61. The maximum absolute atomic E-state index is 12.1. The lowest BCUT2D eigenvalue weighted by Gasteiger charge is -2.04. The van der Waals surface area contributed by atoms with Gasteiger partial charge in [-0.15, -0.1) is 0 Å². The second-order valence-corrected chi connectivity index (χ2v) is 4.56. The van der Waals surface area contributed by atoms with Crippen LogP contribution in [-0.2, 0) is 4.79 Å². The van der Waals surface area contributed by atoms with Gasteiger partial charge in [0.25, 0.3) is 0 Å². The largest absolute Gasteiger partial charge is 0.550 e. The van der Waals surface area contributed by atoms with Crippen LogP contribution in [0.25, 0.3) is 0 Å². The zero-order valence-corrected chi connectivity index (χ0v) is 8.82. The first-order valence-electron chi connectivity index (χ1n) is 4.24. The highest BCUT2D eigenvalue weighted by Gasteiger charge is 2.58. The zero-order chi connectivity index (χ0) is 12.0. The van der Waals surface area contributed by atoms with E-state index in [0.717, 1.165) is 6.08 Å². The van der Waals surface area contributed by atoms with Gasteiger partial charge in [-0.25, -0.2) is 0 Å². The molecule has 0 aromatic rings. The monoisotopic (exact) mass is 241 g/mol. The predicted molar refractivity (Wildman–Crippen MR) is 45.8 cm³/mol. The van der Waals surface area contributed by atoms with Gasteiger partial charge in [-0.1, -0.05) is 31.5 Å². The van der Waals surface area contributed by atoms with Gasteiger partial charge in [0.05, 0.1) is 0 Å². The van der Waals surface area contributed by atoms with Crippen molar-refractivity contribution in [1.82, 2.24) is 0 Å². The van der Waals surface area contributed by atoms with Gasteiger partial charge in [0.1, 0.15) is 5.03 Å². The Hall–Kier alpha value is -0.710. The molecule has 0 amide bonds. The molecule has 1 rings (SSSR count). The van der Waals surface area contributed by atoms with E-state index in [1.165, 1.54) is 0 Å². The summed E-state index contributed by atoms with van der Waals surface area (Å²) in [6.07, 6.45) is -3.86. The maximum Gasteiger partial charge on any atom is 0.426 e. The molecule has 0 saturated heterocycles. The van der Waals surface area contributed by atoms with E-state index in [1.54, 1.807) is 13.8 Å². The van der Waals surface area contributed by atoms with Crippen LogP contribution in [0.2, 0.25) is 0 Å². The molecule has 0 aromatic heterocycles. The number of allylic oxidation sites excluding steroid dienone is 2. The summed E-state index contributed by atoms with van der Waals surface area (Å²) in [5.74, 6) is -2.95. The molecule has 0 spiro atoms. The molecule has 0 aromatic carbocycles. The van der Waals surface area contributed by atoms with Crippen molar-refractivity contribution in [2.24, 2.45) is 17.3 Å². The minimum Gasteiger partial charge on any atom is -0.550 e. The lowest BCUT2D eigenvalue weighted by Crippen LogP contribution is -2.26. The van der Waals surface area contributed by atoms with E-state index in [1.807, 2.05) is 0 Å². The van der Waals surface area contributed by atoms with Crippen molar-refractivity contribution >= 4 is 17.6 Å². The van der Waals surface area contributed by atoms with E-state index in [2.05, 4.69) is 0 Å². The molecule has 1 saturated carbocycles. The van der Waals surface area contributed by atoms with Gasteiger partial charge in [0.15, 0.2) is 0 Å². The number of carboxylic acids is 1. The van der Waals surface area contributed by atoms with Crippen LogP contribution in [0.1, 0.15) is 13.8 Å². The van der Waals surface area contributed by atoms with Crippen molar-refractivity contribution in [2.75, 3.05) is 0 Å². The fourth-order valence-corrected chi connectivity index (χ4v) is 1.83. The average molecular weight is 242 g/mol. The first kappa shape index (κ1) is 12.4. The molecule has 2 atom stereocenters. The molecule has 1 aliphatic carbocycles. The number of alkyl halides is 3. The number of halogens is 4. The van der Waals surface area contributed by atoms with E-state index < -0.39 is 34.4 Å². The first-order valence-corrected chi connectivity index (χ1v) is 4.61. The Kier molecular flexibility index (Phi) is 2.80. The molecule has 1 fully saturated rings. The molecular weight excluding hydrogens is 233 g/mol. The smallest absolute Gasteiger partial charge is 0.426 e. The Bertz CT molecular complexity index is 320. The second kappa shape index (κ2) is 3.40. The van der Waals surface area contributed by atoms with Crippen LogP contribution in [0.3, 0.4) is 0 Å². The summed E-state index contributed by atoms with van der Waals surface area (Å²) >= 11 is 5.01. The second-order valence-electron chi connectivity index (χ2n) is 4.16. The summed E-state index contributed by atoms with van der Waals surface area (Å²) in [6, 6.07) is 0. The van der Waals surface area contributed by atoms with Gasteiger partial charge in [0.2, 0.25) is 0 Å². The van der Waals surface area contributed by atoms with Gasteiger partial charge in [0, 0.05) is 11.9 Å². The molecule has 0 heterocycles. The molecule has 0 aliphatic heterocycles. The Balaban J connectivity index is 2.83. The van der Waals surface area contributed by atoms with E-state index in [4.69, 9.17) is 11.6 Å². The molecule has 0 N–H and O–H groups in total. The number of hydrogen-bond acceptors (Lipinski definition) is 2. The summed E-state index contributed by atoms with van der Waals surface area (Å²) in [6.45, 7) is 3.13. The highest BCUT2D eigenvalue weighted by Crippen LogP contribution is 2.59. The minimum absolute atomic E-state index is 0.711. The van der Waals surface area contributed by atoms with Crippen molar-refractivity contribution in [3.05, 3.63) is 11.1 Å². The number of rotatable bonds is 2. The molecule has 86 valence electrons. The van der Waals surface area contributed by atoms with E-state index in [0.29, 0.717) is 0 Å². The van der Waals surface area contributed by atoms with Gasteiger partial charge < -0.3 is 9.90 Å². The molecule has 0 unspecified atom stereocenters. The fourth-order valence-electron chi connectivity index (χ4n) is 1.69. The zero-order valence-electron chi connectivity index (χ0n) is 8.06. The highest BCUT2D eigenvalue weighted by atomic mass is 35.5. The Morgan fingerprint density at radius 3 is 2.20 bits per heavy atom. The molecule has 0 bridgehead atoms. The number of carbonyl (C=O) groups is 1. The topological polar surface area (TPSA) is 40.1 Å². The quantitative estimate of drug-likeness (QED) is 0.738.